The van der Waals surface area contributed by atoms with Crippen LogP contribution in [0, 0.1) is 5.82 Å². The highest BCUT2D eigenvalue weighted by Gasteiger charge is 2.13. The Morgan fingerprint density at radius 1 is 1.50 bits per heavy atom. The van der Waals surface area contributed by atoms with E-state index in [1.54, 1.807) is 6.07 Å². The summed E-state index contributed by atoms with van der Waals surface area (Å²) in [5.41, 5.74) is 0.713. The van der Waals surface area contributed by atoms with Crippen LogP contribution in [0.15, 0.2) is 18.2 Å². The minimum absolute atomic E-state index is 0.0641. The van der Waals surface area contributed by atoms with E-state index < -0.39 is 5.82 Å². The molecule has 0 fully saturated rings. The lowest BCUT2D eigenvalue weighted by Crippen LogP contribution is -2.32. The third-order valence-corrected chi connectivity index (χ3v) is 2.93. The topological polar surface area (TPSA) is 32.3 Å². The Balaban J connectivity index is 2.82. The first kappa shape index (κ1) is 13.4. The number of benzene rings is 1. The Morgan fingerprint density at radius 3 is 2.69 bits per heavy atom. The van der Waals surface area contributed by atoms with E-state index in [-0.39, 0.29) is 23.7 Å². The average molecular weight is 246 g/mol. The van der Waals surface area contributed by atoms with Gasteiger partial charge in [-0.25, -0.2) is 4.39 Å². The van der Waals surface area contributed by atoms with Gasteiger partial charge in [-0.15, -0.1) is 0 Å². The third kappa shape index (κ3) is 3.44. The molecule has 0 aliphatic rings. The van der Waals surface area contributed by atoms with E-state index >= 15 is 0 Å². The van der Waals surface area contributed by atoms with Crippen LogP contribution in [0.3, 0.4) is 0 Å². The Bertz CT molecular complexity index is 346. The maximum atomic E-state index is 13.3. The molecule has 90 valence electrons. The maximum Gasteiger partial charge on any atom is 0.142 e. The van der Waals surface area contributed by atoms with Crippen molar-refractivity contribution >= 4 is 11.6 Å². The van der Waals surface area contributed by atoms with Crippen molar-refractivity contribution in [1.29, 1.82) is 0 Å². The summed E-state index contributed by atoms with van der Waals surface area (Å²) in [6.07, 6.45) is 0.951. The molecule has 0 aromatic heterocycles. The van der Waals surface area contributed by atoms with Gasteiger partial charge in [0.05, 0.1) is 17.7 Å². The summed E-state index contributed by atoms with van der Waals surface area (Å²) in [5, 5.41) is 12.6. The fourth-order valence-corrected chi connectivity index (χ4v) is 1.56. The molecule has 0 bridgehead atoms. The summed E-state index contributed by atoms with van der Waals surface area (Å²) in [6, 6.07) is 4.62. The molecule has 0 amide bonds. The molecule has 0 radical (unpaired) electrons. The number of aliphatic hydroxyl groups excluding tert-OH is 1. The highest BCUT2D eigenvalue weighted by molar-refractivity contribution is 6.30. The van der Waals surface area contributed by atoms with Crippen LogP contribution in [0.2, 0.25) is 5.02 Å². The minimum atomic E-state index is -0.455. The van der Waals surface area contributed by atoms with E-state index in [1.807, 2.05) is 6.92 Å². The van der Waals surface area contributed by atoms with Crippen molar-refractivity contribution in [3.05, 3.63) is 34.6 Å². The van der Waals surface area contributed by atoms with E-state index in [0.29, 0.717) is 5.56 Å². The maximum absolute atomic E-state index is 13.3. The molecule has 0 spiro atoms. The first-order valence-corrected chi connectivity index (χ1v) is 5.78. The third-order valence-electron chi connectivity index (χ3n) is 2.63. The zero-order chi connectivity index (χ0) is 12.1. The van der Waals surface area contributed by atoms with Gasteiger partial charge in [0.2, 0.25) is 0 Å². The molecule has 0 heterocycles. The van der Waals surface area contributed by atoms with Crippen LogP contribution in [0.5, 0.6) is 0 Å². The molecule has 0 saturated carbocycles. The number of rotatable bonds is 5. The Kier molecular flexibility index (Phi) is 5.19. The summed E-state index contributed by atoms with van der Waals surface area (Å²) in [4.78, 5) is 0. The lowest BCUT2D eigenvalue weighted by Gasteiger charge is -2.21. The molecule has 2 N–H and O–H groups in total. The van der Waals surface area contributed by atoms with Gasteiger partial charge in [-0.05, 0) is 31.0 Å². The van der Waals surface area contributed by atoms with Gasteiger partial charge in [-0.2, -0.15) is 0 Å². The van der Waals surface area contributed by atoms with Crippen molar-refractivity contribution < 1.29 is 9.50 Å². The summed E-state index contributed by atoms with van der Waals surface area (Å²) in [7, 11) is 0. The first-order valence-electron chi connectivity index (χ1n) is 5.40. The van der Waals surface area contributed by atoms with Crippen LogP contribution in [-0.2, 0) is 0 Å². The summed E-state index contributed by atoms with van der Waals surface area (Å²) < 4.78 is 13.3. The average Bonchev–Trinajstić information content (AvgIpc) is 2.29. The van der Waals surface area contributed by atoms with Gasteiger partial charge in [0.25, 0.3) is 0 Å². The van der Waals surface area contributed by atoms with Gasteiger partial charge >= 0.3 is 0 Å². The number of hydrogen-bond acceptors (Lipinski definition) is 2. The molecule has 2 nitrogen and oxygen atoms in total. The zero-order valence-electron chi connectivity index (χ0n) is 9.50. The normalized spacial score (nSPS) is 14.8. The van der Waals surface area contributed by atoms with E-state index in [2.05, 4.69) is 12.2 Å². The number of nitrogens with one attached hydrogen (secondary N) is 1. The van der Waals surface area contributed by atoms with Crippen LogP contribution in [0.1, 0.15) is 31.9 Å². The quantitative estimate of drug-likeness (QED) is 0.836. The molecule has 1 aromatic rings. The van der Waals surface area contributed by atoms with Gasteiger partial charge in [0, 0.05) is 6.04 Å². The van der Waals surface area contributed by atoms with Crippen LogP contribution in [0.25, 0.3) is 0 Å². The first-order chi connectivity index (χ1) is 7.58. The number of hydrogen-bond donors (Lipinski definition) is 2. The van der Waals surface area contributed by atoms with Crippen LogP contribution < -0.4 is 5.32 Å². The highest BCUT2D eigenvalue weighted by Crippen LogP contribution is 2.20. The van der Waals surface area contributed by atoms with Gasteiger partial charge in [0.1, 0.15) is 5.82 Å². The SMILES string of the molecule is CCC(C)NC(CO)c1ccc(Cl)c(F)c1. The molecule has 1 rings (SSSR count). The van der Waals surface area contributed by atoms with E-state index in [0.717, 1.165) is 6.42 Å². The highest BCUT2D eigenvalue weighted by atomic mass is 35.5. The smallest absolute Gasteiger partial charge is 0.142 e. The fourth-order valence-electron chi connectivity index (χ4n) is 1.44. The molecule has 16 heavy (non-hydrogen) atoms. The van der Waals surface area contributed by atoms with Gasteiger partial charge in [0.15, 0.2) is 0 Å². The zero-order valence-corrected chi connectivity index (χ0v) is 10.3. The molecular weight excluding hydrogens is 229 g/mol. The lowest BCUT2D eigenvalue weighted by atomic mass is 10.1. The molecule has 2 unspecified atom stereocenters. The summed E-state index contributed by atoms with van der Waals surface area (Å²) >= 11 is 5.60. The van der Waals surface area contributed by atoms with Crippen molar-refractivity contribution in [3.63, 3.8) is 0 Å². The predicted octanol–water partition coefficient (Wildman–Crippen LogP) is 2.90. The molecule has 0 aliphatic heterocycles. The molecule has 4 heteroatoms. The largest absolute Gasteiger partial charge is 0.394 e. The van der Waals surface area contributed by atoms with E-state index in [4.69, 9.17) is 11.6 Å². The monoisotopic (exact) mass is 245 g/mol. The van der Waals surface area contributed by atoms with Crippen LogP contribution in [0.4, 0.5) is 4.39 Å². The molecular formula is C12H17ClFNO. The second-order valence-corrected chi connectivity index (χ2v) is 4.29. The molecule has 1 aromatic carbocycles. The summed E-state index contributed by atoms with van der Waals surface area (Å²) in [6.45, 7) is 4.01. The van der Waals surface area contributed by atoms with Crippen molar-refractivity contribution in [1.82, 2.24) is 5.32 Å². The Hall–Kier alpha value is -0.640. The fraction of sp³-hybridized carbons (Fsp3) is 0.500. The number of aliphatic hydroxyl groups is 1. The second-order valence-electron chi connectivity index (χ2n) is 3.88. The van der Waals surface area contributed by atoms with Crippen molar-refractivity contribution in [2.24, 2.45) is 0 Å². The molecule has 0 saturated heterocycles. The van der Waals surface area contributed by atoms with E-state index in [9.17, 15) is 9.50 Å². The van der Waals surface area contributed by atoms with Crippen molar-refractivity contribution in [3.8, 4) is 0 Å². The predicted molar refractivity (Wildman–Crippen MR) is 64.1 cm³/mol. The Morgan fingerprint density at radius 2 is 2.19 bits per heavy atom. The second kappa shape index (κ2) is 6.18. The van der Waals surface area contributed by atoms with Gasteiger partial charge in [-0.1, -0.05) is 24.6 Å². The van der Waals surface area contributed by atoms with Crippen molar-refractivity contribution in [2.45, 2.75) is 32.4 Å². The summed E-state index contributed by atoms with van der Waals surface area (Å²) in [5.74, 6) is -0.455. The molecule has 2 atom stereocenters. The van der Waals surface area contributed by atoms with Crippen LogP contribution in [-0.4, -0.2) is 17.8 Å². The van der Waals surface area contributed by atoms with Gasteiger partial charge < -0.3 is 10.4 Å². The lowest BCUT2D eigenvalue weighted by molar-refractivity contribution is 0.234. The standard InChI is InChI=1S/C12H17ClFNO/c1-3-8(2)15-12(7-16)9-4-5-10(13)11(14)6-9/h4-6,8,12,15-16H,3,7H2,1-2H3. The van der Waals surface area contributed by atoms with E-state index in [1.165, 1.54) is 12.1 Å². The van der Waals surface area contributed by atoms with Gasteiger partial charge in [-0.3, -0.25) is 0 Å². The minimum Gasteiger partial charge on any atom is -0.394 e. The number of halogens is 2. The molecule has 0 aliphatic carbocycles. The van der Waals surface area contributed by atoms with Crippen molar-refractivity contribution in [2.75, 3.05) is 6.61 Å². The Labute approximate surface area is 100 Å². The van der Waals surface area contributed by atoms with Crippen LogP contribution >= 0.6 is 11.6 Å².